The van der Waals surface area contributed by atoms with Gasteiger partial charge in [-0.05, 0) is 33.6 Å². The van der Waals surface area contributed by atoms with E-state index < -0.39 is 5.60 Å². The van der Waals surface area contributed by atoms with Crippen LogP contribution < -0.4 is 0 Å². The maximum Gasteiger partial charge on any atom is 0.410 e. The summed E-state index contributed by atoms with van der Waals surface area (Å²) in [7, 11) is 1.68. The highest BCUT2D eigenvalue weighted by Gasteiger charge is 2.27. The Bertz CT molecular complexity index is 222. The number of hydrogen-bond acceptors (Lipinski definition) is 3. The molecular formula is C11H21NO3. The average Bonchev–Trinajstić information content (AvgIpc) is 2.15. The van der Waals surface area contributed by atoms with Crippen LogP contribution in [0.2, 0.25) is 0 Å². The van der Waals surface area contributed by atoms with Crippen LogP contribution >= 0.6 is 0 Å². The van der Waals surface area contributed by atoms with Gasteiger partial charge in [-0.1, -0.05) is 0 Å². The van der Waals surface area contributed by atoms with Gasteiger partial charge in [0.15, 0.2) is 0 Å². The van der Waals surface area contributed by atoms with E-state index in [4.69, 9.17) is 9.47 Å². The van der Waals surface area contributed by atoms with Gasteiger partial charge in [-0.25, -0.2) is 4.79 Å². The summed E-state index contributed by atoms with van der Waals surface area (Å²) >= 11 is 0. The Morgan fingerprint density at radius 2 is 2.07 bits per heavy atom. The van der Waals surface area contributed by atoms with E-state index in [9.17, 15) is 4.79 Å². The molecule has 0 aliphatic carbocycles. The fourth-order valence-corrected chi connectivity index (χ4v) is 1.62. The van der Waals surface area contributed by atoms with Crippen molar-refractivity contribution < 1.29 is 14.3 Å². The lowest BCUT2D eigenvalue weighted by molar-refractivity contribution is -0.00620. The first-order valence-electron chi connectivity index (χ1n) is 5.43. The van der Waals surface area contributed by atoms with Crippen LogP contribution in [0.4, 0.5) is 4.79 Å². The van der Waals surface area contributed by atoms with Crippen LogP contribution in [0, 0.1) is 0 Å². The van der Waals surface area contributed by atoms with Crippen molar-refractivity contribution in [1.29, 1.82) is 0 Å². The molecule has 0 aromatic carbocycles. The van der Waals surface area contributed by atoms with Gasteiger partial charge in [-0.2, -0.15) is 0 Å². The van der Waals surface area contributed by atoms with Crippen molar-refractivity contribution in [2.45, 2.75) is 45.3 Å². The number of likely N-dealkylation sites (tertiary alicyclic amines) is 1. The quantitative estimate of drug-likeness (QED) is 0.672. The van der Waals surface area contributed by atoms with Crippen molar-refractivity contribution >= 4 is 6.09 Å². The number of amides is 1. The van der Waals surface area contributed by atoms with E-state index in [-0.39, 0.29) is 12.2 Å². The Hall–Kier alpha value is -0.770. The zero-order chi connectivity index (χ0) is 11.5. The molecule has 1 aliphatic rings. The van der Waals surface area contributed by atoms with Crippen molar-refractivity contribution in [3.8, 4) is 0 Å². The molecule has 1 heterocycles. The van der Waals surface area contributed by atoms with Gasteiger partial charge in [0.1, 0.15) is 5.60 Å². The summed E-state index contributed by atoms with van der Waals surface area (Å²) in [5.41, 5.74) is -0.420. The smallest absolute Gasteiger partial charge is 0.410 e. The van der Waals surface area contributed by atoms with E-state index >= 15 is 0 Å². The second-order valence-corrected chi connectivity index (χ2v) is 4.93. The molecule has 0 unspecified atom stereocenters. The zero-order valence-corrected chi connectivity index (χ0v) is 10.1. The Balaban J connectivity index is 2.45. The lowest BCUT2D eigenvalue weighted by Crippen LogP contribution is -2.45. The lowest BCUT2D eigenvalue weighted by atomic mass is 10.1. The van der Waals surface area contributed by atoms with E-state index in [0.29, 0.717) is 6.54 Å². The summed E-state index contributed by atoms with van der Waals surface area (Å²) in [4.78, 5) is 13.4. The first-order valence-corrected chi connectivity index (χ1v) is 5.43. The minimum Gasteiger partial charge on any atom is -0.444 e. The zero-order valence-electron chi connectivity index (χ0n) is 10.1. The predicted molar refractivity (Wildman–Crippen MR) is 57.8 cm³/mol. The molecule has 1 fully saturated rings. The molecule has 1 aliphatic heterocycles. The van der Waals surface area contributed by atoms with Crippen LogP contribution in [-0.2, 0) is 9.47 Å². The first-order chi connectivity index (χ1) is 6.92. The number of methoxy groups -OCH3 is 1. The van der Waals surface area contributed by atoms with Gasteiger partial charge in [0.05, 0.1) is 12.6 Å². The minimum atomic E-state index is -0.420. The fourth-order valence-electron chi connectivity index (χ4n) is 1.62. The van der Waals surface area contributed by atoms with Crippen molar-refractivity contribution in [3.63, 3.8) is 0 Å². The Labute approximate surface area is 91.5 Å². The molecule has 1 amide bonds. The average molecular weight is 215 g/mol. The number of piperidine rings is 1. The molecule has 0 bridgehead atoms. The van der Waals surface area contributed by atoms with Gasteiger partial charge in [0.2, 0.25) is 0 Å². The SMILES string of the molecule is CO[C@@H]1CCCN(C(=O)OC(C)(C)C)C1. The molecule has 0 aromatic rings. The maximum absolute atomic E-state index is 11.7. The molecule has 0 aromatic heterocycles. The topological polar surface area (TPSA) is 38.8 Å². The van der Waals surface area contributed by atoms with Crippen molar-refractivity contribution in [3.05, 3.63) is 0 Å². The summed E-state index contributed by atoms with van der Waals surface area (Å²) in [6, 6.07) is 0. The third-order valence-electron chi connectivity index (χ3n) is 2.36. The molecule has 88 valence electrons. The summed E-state index contributed by atoms with van der Waals surface area (Å²) in [6.07, 6.45) is 1.93. The van der Waals surface area contributed by atoms with Crippen LogP contribution in [-0.4, -0.2) is 42.9 Å². The highest BCUT2D eigenvalue weighted by atomic mass is 16.6. The fraction of sp³-hybridized carbons (Fsp3) is 0.909. The Morgan fingerprint density at radius 3 is 2.60 bits per heavy atom. The molecule has 0 saturated carbocycles. The lowest BCUT2D eigenvalue weighted by Gasteiger charge is -2.33. The van der Waals surface area contributed by atoms with Gasteiger partial charge in [0, 0.05) is 13.7 Å². The van der Waals surface area contributed by atoms with E-state index in [2.05, 4.69) is 0 Å². The van der Waals surface area contributed by atoms with Gasteiger partial charge >= 0.3 is 6.09 Å². The van der Waals surface area contributed by atoms with Crippen molar-refractivity contribution in [2.75, 3.05) is 20.2 Å². The van der Waals surface area contributed by atoms with Crippen LogP contribution in [0.15, 0.2) is 0 Å². The van der Waals surface area contributed by atoms with E-state index in [0.717, 1.165) is 19.4 Å². The summed E-state index contributed by atoms with van der Waals surface area (Å²) in [6.45, 7) is 7.05. The van der Waals surface area contributed by atoms with Gasteiger partial charge in [0.25, 0.3) is 0 Å². The Kier molecular flexibility index (Phi) is 3.97. The summed E-state index contributed by atoms with van der Waals surface area (Å²) in [5.74, 6) is 0. The number of hydrogen-bond donors (Lipinski definition) is 0. The number of ether oxygens (including phenoxy) is 2. The van der Waals surface area contributed by atoms with Gasteiger partial charge in [-0.15, -0.1) is 0 Å². The monoisotopic (exact) mass is 215 g/mol. The molecule has 1 atom stereocenters. The number of carbonyl (C=O) groups excluding carboxylic acids is 1. The highest BCUT2D eigenvalue weighted by molar-refractivity contribution is 5.68. The number of nitrogens with zero attached hydrogens (tertiary/aromatic N) is 1. The van der Waals surface area contributed by atoms with Gasteiger partial charge < -0.3 is 14.4 Å². The normalized spacial score (nSPS) is 22.7. The standard InChI is InChI=1S/C11H21NO3/c1-11(2,3)15-10(13)12-7-5-6-9(8-12)14-4/h9H,5-8H2,1-4H3/t9-/m1/s1. The van der Waals surface area contributed by atoms with Crippen LogP contribution in [0.25, 0.3) is 0 Å². The summed E-state index contributed by atoms with van der Waals surface area (Å²) < 4.78 is 10.6. The van der Waals surface area contributed by atoms with E-state index in [1.165, 1.54) is 0 Å². The third-order valence-corrected chi connectivity index (χ3v) is 2.36. The molecular weight excluding hydrogens is 194 g/mol. The van der Waals surface area contributed by atoms with Crippen molar-refractivity contribution in [1.82, 2.24) is 4.90 Å². The number of rotatable bonds is 1. The Morgan fingerprint density at radius 1 is 1.40 bits per heavy atom. The second-order valence-electron chi connectivity index (χ2n) is 4.93. The first kappa shape index (κ1) is 12.3. The highest BCUT2D eigenvalue weighted by Crippen LogP contribution is 2.16. The third kappa shape index (κ3) is 4.08. The minimum absolute atomic E-state index is 0.159. The molecule has 15 heavy (non-hydrogen) atoms. The van der Waals surface area contributed by atoms with E-state index in [1.54, 1.807) is 12.0 Å². The van der Waals surface area contributed by atoms with Gasteiger partial charge in [-0.3, -0.25) is 0 Å². The van der Waals surface area contributed by atoms with Crippen LogP contribution in [0.5, 0.6) is 0 Å². The molecule has 1 saturated heterocycles. The van der Waals surface area contributed by atoms with E-state index in [1.807, 2.05) is 20.8 Å². The molecule has 0 radical (unpaired) electrons. The molecule has 0 N–H and O–H groups in total. The number of carbonyl (C=O) groups is 1. The van der Waals surface area contributed by atoms with Crippen LogP contribution in [0.1, 0.15) is 33.6 Å². The second kappa shape index (κ2) is 4.84. The molecule has 1 rings (SSSR count). The summed E-state index contributed by atoms with van der Waals surface area (Å²) in [5, 5.41) is 0. The molecule has 4 heteroatoms. The van der Waals surface area contributed by atoms with Crippen LogP contribution in [0.3, 0.4) is 0 Å². The molecule has 0 spiro atoms. The maximum atomic E-state index is 11.7. The molecule has 4 nitrogen and oxygen atoms in total. The van der Waals surface area contributed by atoms with Crippen molar-refractivity contribution in [2.24, 2.45) is 0 Å². The predicted octanol–water partition coefficient (Wildman–Crippen LogP) is 2.03. The largest absolute Gasteiger partial charge is 0.444 e.